The number of nitrogens with zero attached hydrogens (tertiary/aromatic N) is 2. The van der Waals surface area contributed by atoms with Gasteiger partial charge < -0.3 is 5.32 Å². The Balaban J connectivity index is 1.95. The second kappa shape index (κ2) is 8.59. The number of urea groups is 1. The van der Waals surface area contributed by atoms with Crippen LogP contribution >= 0.6 is 11.8 Å². The van der Waals surface area contributed by atoms with E-state index < -0.39 is 17.1 Å². The first-order valence-electron chi connectivity index (χ1n) is 10.3. The highest BCUT2D eigenvalue weighted by atomic mass is 32.2. The number of benzene rings is 3. The van der Waals surface area contributed by atoms with Crippen LogP contribution in [0.25, 0.3) is 0 Å². The van der Waals surface area contributed by atoms with E-state index in [4.69, 9.17) is 0 Å². The average molecular weight is 470 g/mol. The van der Waals surface area contributed by atoms with Gasteiger partial charge in [-0.3, -0.25) is 0 Å². The molecule has 4 rings (SSSR count). The Morgan fingerprint density at radius 1 is 0.909 bits per heavy atom. The largest absolute Gasteiger partial charge is 0.425 e. The number of amidine groups is 1. The molecule has 1 aliphatic rings. The fraction of sp³-hybridized carbons (Fsp3) is 0.200. The Hall–Kier alpha value is -3.26. The average Bonchev–Trinajstić information content (AvgIpc) is 2.76. The van der Waals surface area contributed by atoms with Gasteiger partial charge in [0.1, 0.15) is 0 Å². The third-order valence-corrected chi connectivity index (χ3v) is 6.69. The fourth-order valence-corrected chi connectivity index (χ4v) is 5.12. The van der Waals surface area contributed by atoms with Gasteiger partial charge in [-0.05, 0) is 61.4 Å². The maximum absolute atomic E-state index is 14.6. The number of rotatable bonds is 3. The van der Waals surface area contributed by atoms with Crippen molar-refractivity contribution in [3.05, 3.63) is 95.1 Å². The lowest BCUT2D eigenvalue weighted by molar-refractivity contribution is -0.167. The SMILES string of the molecule is Cc1cc(C)c(N=C2SC(c3ccccc3)(C(F)(F)F)NC(=O)N2c2ccccc2)c(C)c1. The molecule has 0 saturated carbocycles. The van der Waals surface area contributed by atoms with E-state index in [0.29, 0.717) is 23.1 Å². The maximum atomic E-state index is 14.6. The van der Waals surface area contributed by atoms with Crippen molar-refractivity contribution < 1.29 is 18.0 Å². The Morgan fingerprint density at radius 3 is 2.00 bits per heavy atom. The molecule has 3 aromatic rings. The number of para-hydroxylation sites is 1. The predicted molar refractivity (Wildman–Crippen MR) is 127 cm³/mol. The first kappa shape index (κ1) is 22.9. The van der Waals surface area contributed by atoms with Gasteiger partial charge in [0.25, 0.3) is 0 Å². The highest BCUT2D eigenvalue weighted by Crippen LogP contribution is 2.51. The lowest BCUT2D eigenvalue weighted by Crippen LogP contribution is -2.63. The summed E-state index contributed by atoms with van der Waals surface area (Å²) in [4.78, 5) is 16.4. The van der Waals surface area contributed by atoms with E-state index in [0.717, 1.165) is 16.7 Å². The van der Waals surface area contributed by atoms with Crippen molar-refractivity contribution in [2.75, 3.05) is 4.90 Å². The molecule has 1 aliphatic heterocycles. The summed E-state index contributed by atoms with van der Waals surface area (Å²) in [5.74, 6) is 0. The van der Waals surface area contributed by atoms with Gasteiger partial charge in [-0.1, -0.05) is 66.2 Å². The van der Waals surface area contributed by atoms with Crippen LogP contribution in [0.4, 0.5) is 29.3 Å². The summed E-state index contributed by atoms with van der Waals surface area (Å²) < 4.78 is 43.8. The molecule has 170 valence electrons. The number of aliphatic imine (C=N–C) groups is 1. The number of amides is 2. The molecule has 1 N–H and O–H groups in total. The van der Waals surface area contributed by atoms with Crippen LogP contribution in [-0.2, 0) is 4.87 Å². The third-order valence-electron chi connectivity index (χ3n) is 5.36. The monoisotopic (exact) mass is 469 g/mol. The van der Waals surface area contributed by atoms with Gasteiger partial charge in [-0.2, -0.15) is 13.2 Å². The van der Waals surface area contributed by atoms with Gasteiger partial charge >= 0.3 is 12.2 Å². The number of anilines is 1. The number of thioether (sulfide) groups is 1. The number of carbonyl (C=O) groups excluding carboxylic acids is 1. The molecule has 0 bridgehead atoms. The molecule has 0 aliphatic carbocycles. The topological polar surface area (TPSA) is 44.7 Å². The zero-order valence-corrected chi connectivity index (χ0v) is 19.1. The van der Waals surface area contributed by atoms with Gasteiger partial charge in [0, 0.05) is 0 Å². The summed E-state index contributed by atoms with van der Waals surface area (Å²) in [6.07, 6.45) is -4.78. The minimum Gasteiger partial charge on any atom is -0.311 e. The van der Waals surface area contributed by atoms with Gasteiger partial charge in [-0.15, -0.1) is 0 Å². The Labute approximate surface area is 194 Å². The fourth-order valence-electron chi connectivity index (χ4n) is 3.92. The number of carbonyl (C=O) groups is 1. The van der Waals surface area contributed by atoms with E-state index in [1.54, 1.807) is 36.4 Å². The first-order valence-corrected chi connectivity index (χ1v) is 11.1. The smallest absolute Gasteiger partial charge is 0.311 e. The minimum absolute atomic E-state index is 0.0545. The molecule has 4 nitrogen and oxygen atoms in total. The zero-order valence-electron chi connectivity index (χ0n) is 18.3. The van der Waals surface area contributed by atoms with Crippen LogP contribution < -0.4 is 10.2 Å². The van der Waals surface area contributed by atoms with Gasteiger partial charge in [0.2, 0.25) is 4.87 Å². The van der Waals surface area contributed by atoms with Crippen molar-refractivity contribution in [3.8, 4) is 0 Å². The number of hydrogen-bond acceptors (Lipinski definition) is 3. The van der Waals surface area contributed by atoms with E-state index in [2.05, 4.69) is 10.3 Å². The number of aryl methyl sites for hydroxylation is 3. The second-order valence-electron chi connectivity index (χ2n) is 7.89. The molecule has 1 atom stereocenters. The van der Waals surface area contributed by atoms with Gasteiger partial charge in [0.05, 0.1) is 11.4 Å². The summed E-state index contributed by atoms with van der Waals surface area (Å²) >= 11 is 0.481. The summed E-state index contributed by atoms with van der Waals surface area (Å²) in [6, 6.07) is 18.9. The molecular weight excluding hydrogens is 447 g/mol. The molecule has 0 spiro atoms. The summed E-state index contributed by atoms with van der Waals surface area (Å²) in [5, 5.41) is 2.18. The first-order chi connectivity index (χ1) is 15.6. The Kier molecular flexibility index (Phi) is 5.97. The maximum Gasteiger partial charge on any atom is 0.425 e. The second-order valence-corrected chi connectivity index (χ2v) is 9.07. The van der Waals surface area contributed by atoms with Gasteiger partial charge in [0.15, 0.2) is 5.17 Å². The van der Waals surface area contributed by atoms with Crippen molar-refractivity contribution in [2.45, 2.75) is 31.8 Å². The molecule has 1 saturated heterocycles. The van der Waals surface area contributed by atoms with Crippen molar-refractivity contribution in [2.24, 2.45) is 4.99 Å². The standard InChI is InChI=1S/C25H22F3N3OS/c1-16-14-17(2)21(18(3)15-16)29-23-31(20-12-8-5-9-13-20)22(32)30-24(33-23,25(26,27)28)19-10-6-4-7-11-19/h4-15H,1-3H3,(H,30,32). The molecule has 2 amide bonds. The third kappa shape index (κ3) is 4.23. The molecule has 1 heterocycles. The van der Waals surface area contributed by atoms with Crippen LogP contribution in [0.2, 0.25) is 0 Å². The van der Waals surface area contributed by atoms with Crippen LogP contribution in [0.5, 0.6) is 0 Å². The predicted octanol–water partition coefficient (Wildman–Crippen LogP) is 6.98. The lowest BCUT2D eigenvalue weighted by Gasteiger charge is -2.43. The lowest BCUT2D eigenvalue weighted by atomic mass is 10.1. The van der Waals surface area contributed by atoms with E-state index in [1.165, 1.54) is 29.2 Å². The Morgan fingerprint density at radius 2 is 1.45 bits per heavy atom. The summed E-state index contributed by atoms with van der Waals surface area (Å²) in [7, 11) is 0. The van der Waals surface area contributed by atoms with Crippen molar-refractivity contribution >= 4 is 34.3 Å². The van der Waals surface area contributed by atoms with Crippen molar-refractivity contribution in [3.63, 3.8) is 0 Å². The number of hydrogen-bond donors (Lipinski definition) is 1. The molecule has 1 fully saturated rings. The van der Waals surface area contributed by atoms with E-state index in [1.807, 2.05) is 32.9 Å². The van der Waals surface area contributed by atoms with Crippen LogP contribution in [0, 0.1) is 20.8 Å². The molecule has 0 aromatic heterocycles. The van der Waals surface area contributed by atoms with Crippen LogP contribution in [0.3, 0.4) is 0 Å². The van der Waals surface area contributed by atoms with E-state index in [9.17, 15) is 18.0 Å². The minimum atomic E-state index is -4.78. The van der Waals surface area contributed by atoms with E-state index >= 15 is 0 Å². The van der Waals surface area contributed by atoms with Crippen LogP contribution in [-0.4, -0.2) is 17.4 Å². The number of nitrogens with one attached hydrogen (secondary N) is 1. The number of halogens is 3. The molecule has 8 heteroatoms. The quantitative estimate of drug-likeness (QED) is 0.450. The molecule has 0 radical (unpaired) electrons. The zero-order chi connectivity index (χ0) is 23.8. The van der Waals surface area contributed by atoms with E-state index in [-0.39, 0.29) is 10.7 Å². The summed E-state index contributed by atoms with van der Waals surface area (Å²) in [6.45, 7) is 5.65. The van der Waals surface area contributed by atoms with Crippen LogP contribution in [0.15, 0.2) is 77.8 Å². The van der Waals surface area contributed by atoms with Crippen molar-refractivity contribution in [1.29, 1.82) is 0 Å². The highest BCUT2D eigenvalue weighted by Gasteiger charge is 2.62. The molecule has 1 unspecified atom stereocenters. The van der Waals surface area contributed by atoms with Gasteiger partial charge in [-0.25, -0.2) is 14.7 Å². The number of alkyl halides is 3. The molecule has 33 heavy (non-hydrogen) atoms. The highest BCUT2D eigenvalue weighted by molar-refractivity contribution is 8.15. The normalized spacial score (nSPS) is 20.1. The molecule has 3 aromatic carbocycles. The molecular formula is C25H22F3N3OS. The summed E-state index contributed by atoms with van der Waals surface area (Å²) in [5.41, 5.74) is 3.55. The van der Waals surface area contributed by atoms with Crippen LogP contribution in [0.1, 0.15) is 22.3 Å². The van der Waals surface area contributed by atoms with Crippen molar-refractivity contribution in [1.82, 2.24) is 5.32 Å². The Bertz CT molecular complexity index is 1190.